The molecule has 1 fully saturated rings. The number of rotatable bonds is 8. The van der Waals surface area contributed by atoms with Crippen LogP contribution < -0.4 is 5.32 Å². The number of carboxylic acid groups (broad SMARTS) is 1. The van der Waals surface area contributed by atoms with E-state index in [-0.39, 0.29) is 25.6 Å². The van der Waals surface area contributed by atoms with Gasteiger partial charge in [0.2, 0.25) is 5.78 Å². The number of esters is 1. The highest BCUT2D eigenvalue weighted by Gasteiger charge is 2.15. The summed E-state index contributed by atoms with van der Waals surface area (Å²) in [6.07, 6.45) is 1.55. The van der Waals surface area contributed by atoms with Crippen LogP contribution in [0.4, 0.5) is 0 Å². The number of hydrogen-bond acceptors (Lipinski definition) is 6. The average Bonchev–Trinajstić information content (AvgIpc) is 2.42. The summed E-state index contributed by atoms with van der Waals surface area (Å²) in [4.78, 5) is 32.2. The molecule has 1 saturated heterocycles. The highest BCUT2D eigenvalue weighted by atomic mass is 16.6. The Morgan fingerprint density at radius 1 is 1.11 bits per heavy atom. The third kappa shape index (κ3) is 6.88. The molecular formula is C12H19NO6. The van der Waals surface area contributed by atoms with Crippen molar-refractivity contribution in [1.82, 2.24) is 5.32 Å². The maximum atomic E-state index is 11.2. The SMILES string of the molecule is O=C(CCC(=O)C(=O)O)OCCOC1CCNCC1. The van der Waals surface area contributed by atoms with E-state index in [1.54, 1.807) is 0 Å². The molecule has 0 saturated carbocycles. The molecule has 0 unspecified atom stereocenters. The molecule has 1 rings (SSSR count). The molecule has 2 N–H and O–H groups in total. The van der Waals surface area contributed by atoms with Gasteiger partial charge in [-0.2, -0.15) is 0 Å². The van der Waals surface area contributed by atoms with Gasteiger partial charge in [-0.3, -0.25) is 9.59 Å². The van der Waals surface area contributed by atoms with E-state index in [1.165, 1.54) is 0 Å². The first-order valence-electron chi connectivity index (χ1n) is 6.33. The Morgan fingerprint density at radius 3 is 2.42 bits per heavy atom. The number of Topliss-reactive ketones (excluding diaryl/α,β-unsaturated/α-hetero) is 1. The van der Waals surface area contributed by atoms with E-state index in [4.69, 9.17) is 14.6 Å². The standard InChI is InChI=1S/C12H19NO6/c14-10(12(16)17)1-2-11(15)19-8-7-18-9-3-5-13-6-4-9/h9,13H,1-8H2,(H,16,17). The largest absolute Gasteiger partial charge is 0.476 e. The predicted molar refractivity (Wildman–Crippen MR) is 64.7 cm³/mol. The fourth-order valence-corrected chi connectivity index (χ4v) is 1.73. The van der Waals surface area contributed by atoms with Crippen molar-refractivity contribution >= 4 is 17.7 Å². The van der Waals surface area contributed by atoms with Crippen molar-refractivity contribution in [3.05, 3.63) is 0 Å². The monoisotopic (exact) mass is 273 g/mol. The van der Waals surface area contributed by atoms with E-state index >= 15 is 0 Å². The second-order valence-electron chi connectivity index (χ2n) is 4.27. The first-order valence-corrected chi connectivity index (χ1v) is 6.33. The number of nitrogens with one attached hydrogen (secondary N) is 1. The van der Waals surface area contributed by atoms with Crippen molar-refractivity contribution in [3.8, 4) is 0 Å². The van der Waals surface area contributed by atoms with E-state index in [0.717, 1.165) is 25.9 Å². The summed E-state index contributed by atoms with van der Waals surface area (Å²) in [5.41, 5.74) is 0. The molecule has 0 aromatic carbocycles. The molecule has 1 aliphatic heterocycles. The van der Waals surface area contributed by atoms with E-state index in [1.807, 2.05) is 0 Å². The zero-order chi connectivity index (χ0) is 14.1. The third-order valence-electron chi connectivity index (χ3n) is 2.78. The fourth-order valence-electron chi connectivity index (χ4n) is 1.73. The maximum absolute atomic E-state index is 11.2. The average molecular weight is 273 g/mol. The van der Waals surface area contributed by atoms with Crippen molar-refractivity contribution in [2.75, 3.05) is 26.3 Å². The van der Waals surface area contributed by atoms with Crippen molar-refractivity contribution in [1.29, 1.82) is 0 Å². The number of aliphatic carboxylic acids is 1. The zero-order valence-electron chi connectivity index (χ0n) is 10.7. The molecular weight excluding hydrogens is 254 g/mol. The number of ketones is 1. The van der Waals surface area contributed by atoms with Gasteiger partial charge in [0.05, 0.1) is 19.1 Å². The van der Waals surface area contributed by atoms with Gasteiger partial charge in [-0.1, -0.05) is 0 Å². The molecule has 0 aliphatic carbocycles. The number of carbonyl (C=O) groups excluding carboxylic acids is 2. The van der Waals surface area contributed by atoms with E-state index in [9.17, 15) is 14.4 Å². The molecule has 7 nitrogen and oxygen atoms in total. The normalized spacial score (nSPS) is 16.0. The van der Waals surface area contributed by atoms with Gasteiger partial charge in [0.15, 0.2) is 0 Å². The fraction of sp³-hybridized carbons (Fsp3) is 0.750. The topological polar surface area (TPSA) is 102 Å². The Bertz CT molecular complexity index is 324. The molecule has 0 amide bonds. The van der Waals surface area contributed by atoms with Crippen LogP contribution in [0.15, 0.2) is 0 Å². The van der Waals surface area contributed by atoms with E-state index in [2.05, 4.69) is 5.32 Å². The number of ether oxygens (including phenoxy) is 2. The number of piperidine rings is 1. The number of hydrogen-bond donors (Lipinski definition) is 2. The second kappa shape index (κ2) is 8.60. The van der Waals surface area contributed by atoms with Gasteiger partial charge in [-0.25, -0.2) is 4.79 Å². The minimum atomic E-state index is -1.53. The molecule has 19 heavy (non-hydrogen) atoms. The molecule has 0 aromatic rings. The second-order valence-corrected chi connectivity index (χ2v) is 4.27. The van der Waals surface area contributed by atoms with Crippen molar-refractivity contribution in [3.63, 3.8) is 0 Å². The van der Waals surface area contributed by atoms with Crippen molar-refractivity contribution in [2.24, 2.45) is 0 Å². The number of carboxylic acids is 1. The summed E-state index contributed by atoms with van der Waals surface area (Å²) >= 11 is 0. The van der Waals surface area contributed by atoms with Crippen LogP contribution in [-0.4, -0.2) is 55.2 Å². The lowest BCUT2D eigenvalue weighted by Crippen LogP contribution is -2.33. The summed E-state index contributed by atoms with van der Waals surface area (Å²) in [5.74, 6) is -3.09. The zero-order valence-corrected chi connectivity index (χ0v) is 10.7. The molecule has 1 heterocycles. The molecule has 0 bridgehead atoms. The lowest BCUT2D eigenvalue weighted by atomic mass is 10.1. The van der Waals surface area contributed by atoms with Gasteiger partial charge in [-0.15, -0.1) is 0 Å². The van der Waals surface area contributed by atoms with Gasteiger partial charge >= 0.3 is 11.9 Å². The van der Waals surface area contributed by atoms with Crippen LogP contribution in [0.1, 0.15) is 25.7 Å². The Balaban J connectivity index is 2.00. The van der Waals surface area contributed by atoms with Crippen LogP contribution in [0.2, 0.25) is 0 Å². The minimum absolute atomic E-state index is 0.129. The molecule has 0 radical (unpaired) electrons. The Labute approximate surface area is 111 Å². The van der Waals surface area contributed by atoms with Crippen LogP contribution in [0, 0.1) is 0 Å². The summed E-state index contributed by atoms with van der Waals surface area (Å²) in [6, 6.07) is 0. The highest BCUT2D eigenvalue weighted by Crippen LogP contribution is 2.06. The van der Waals surface area contributed by atoms with Crippen LogP contribution in [0.3, 0.4) is 0 Å². The summed E-state index contributed by atoms with van der Waals surface area (Å²) in [7, 11) is 0. The first-order chi connectivity index (χ1) is 9.09. The van der Waals surface area contributed by atoms with E-state index in [0.29, 0.717) is 6.61 Å². The van der Waals surface area contributed by atoms with Gasteiger partial charge < -0.3 is 19.9 Å². The van der Waals surface area contributed by atoms with Gasteiger partial charge in [-0.05, 0) is 25.9 Å². The van der Waals surface area contributed by atoms with Gasteiger partial charge in [0.1, 0.15) is 6.61 Å². The Hall–Kier alpha value is -1.47. The Kier molecular flexibility index (Phi) is 7.06. The van der Waals surface area contributed by atoms with Crippen LogP contribution in [0.5, 0.6) is 0 Å². The summed E-state index contributed by atoms with van der Waals surface area (Å²) < 4.78 is 10.4. The van der Waals surface area contributed by atoms with Crippen LogP contribution in [-0.2, 0) is 23.9 Å². The summed E-state index contributed by atoms with van der Waals surface area (Å²) in [5, 5.41) is 11.5. The quantitative estimate of drug-likeness (QED) is 0.356. The third-order valence-corrected chi connectivity index (χ3v) is 2.78. The smallest absolute Gasteiger partial charge is 0.372 e. The summed E-state index contributed by atoms with van der Waals surface area (Å²) in [6.45, 7) is 2.32. The molecule has 108 valence electrons. The molecule has 0 aromatic heterocycles. The molecule has 0 spiro atoms. The lowest BCUT2D eigenvalue weighted by molar-refractivity contribution is -0.151. The highest BCUT2D eigenvalue weighted by molar-refractivity contribution is 6.32. The Morgan fingerprint density at radius 2 is 1.79 bits per heavy atom. The lowest BCUT2D eigenvalue weighted by Gasteiger charge is -2.22. The van der Waals surface area contributed by atoms with Gasteiger partial charge in [0.25, 0.3) is 0 Å². The molecule has 7 heteroatoms. The minimum Gasteiger partial charge on any atom is -0.476 e. The van der Waals surface area contributed by atoms with E-state index < -0.39 is 17.7 Å². The molecule has 0 atom stereocenters. The van der Waals surface area contributed by atoms with Crippen molar-refractivity contribution < 1.29 is 29.0 Å². The van der Waals surface area contributed by atoms with Crippen LogP contribution >= 0.6 is 0 Å². The molecule has 1 aliphatic rings. The first kappa shape index (κ1) is 15.6. The van der Waals surface area contributed by atoms with Gasteiger partial charge in [0, 0.05) is 6.42 Å². The van der Waals surface area contributed by atoms with Crippen LogP contribution in [0.25, 0.3) is 0 Å². The van der Waals surface area contributed by atoms with Crippen molar-refractivity contribution in [2.45, 2.75) is 31.8 Å². The predicted octanol–water partition coefficient (Wildman–Crippen LogP) is -0.268. The number of carbonyl (C=O) groups is 3. The maximum Gasteiger partial charge on any atom is 0.372 e.